The number of ether oxygens (including phenoxy) is 1. The van der Waals surface area contributed by atoms with Crippen molar-refractivity contribution in [2.45, 2.75) is 34.9 Å². The normalized spacial score (nSPS) is 32.1. The zero-order chi connectivity index (χ0) is 30.3. The zero-order valence-electron chi connectivity index (χ0n) is 22.6. The fraction of sp³-hybridized carbons (Fsp3) is 0.400. The van der Waals surface area contributed by atoms with Crippen molar-refractivity contribution in [2.75, 3.05) is 20.7 Å². The third kappa shape index (κ3) is 3.87. The number of aromatic hydroxyl groups is 2. The lowest BCUT2D eigenvalue weighted by molar-refractivity contribution is -0.141. The Balaban J connectivity index is 1.44. The lowest BCUT2D eigenvalue weighted by Gasteiger charge is -2.50. The minimum atomic E-state index is -2.01. The molecule has 6 rings (SSSR count). The molecule has 0 unspecified atom stereocenters. The Morgan fingerprint density at radius 3 is 2.38 bits per heavy atom. The molecule has 2 aromatic rings. The Morgan fingerprint density at radius 2 is 1.71 bits per heavy atom. The number of methoxy groups -OCH3 is 1. The summed E-state index contributed by atoms with van der Waals surface area (Å²) in [5.74, 6) is -5.39. The molecule has 3 fully saturated rings. The number of allylic oxidation sites excluding steroid dienone is 2. The number of carbonyl (C=O) groups excluding carboxylic acids is 4. The number of likely N-dealkylation sites (tertiary alicyclic amines) is 2. The second-order valence-corrected chi connectivity index (χ2v) is 13.4. The molecule has 2 aromatic carbocycles. The SMILES string of the molecule is COc1cc(Br)cc([C@H]2C3=CC[C@@H]4C(=O)N(CCc5ccc(O)cc5)C(=O)[C@@H]4[C@@H]3C[C@@]3(Cl)C(=O)N(C)C(=O)[C@@]23Cl)c1O. The number of alkyl halides is 2. The van der Waals surface area contributed by atoms with Crippen molar-refractivity contribution in [2.24, 2.45) is 17.8 Å². The summed E-state index contributed by atoms with van der Waals surface area (Å²) in [5.41, 5.74) is 1.65. The molecule has 0 radical (unpaired) electrons. The summed E-state index contributed by atoms with van der Waals surface area (Å²) in [6.45, 7) is 0.149. The molecule has 4 amide bonds. The standard InChI is InChI=1S/C30H27BrCl2N2O7/c1-34-27(40)29(32)13-20-17(23(30(29,33)28(34)41)19-11-15(31)12-21(42-2)24(19)37)7-8-18-22(20)26(39)35(25(18)38)10-9-14-3-5-16(36)6-4-14/h3-7,11-12,18,20,22-23,36-37H,8-10,13H2,1-2H3/t18-,20+,22-,23+,29+,30-/m0/s1. The highest BCUT2D eigenvalue weighted by Gasteiger charge is 2.76. The molecule has 4 aliphatic rings. The van der Waals surface area contributed by atoms with Crippen LogP contribution in [0.25, 0.3) is 0 Å². The van der Waals surface area contributed by atoms with E-state index in [0.29, 0.717) is 16.5 Å². The van der Waals surface area contributed by atoms with Crippen LogP contribution in [0.5, 0.6) is 17.2 Å². The summed E-state index contributed by atoms with van der Waals surface area (Å²) in [4.78, 5) is 53.0. The van der Waals surface area contributed by atoms with E-state index in [0.717, 1.165) is 10.5 Å². The Kier molecular flexibility index (Phi) is 6.90. The van der Waals surface area contributed by atoms with Crippen LogP contribution >= 0.6 is 39.1 Å². The van der Waals surface area contributed by atoms with Crippen molar-refractivity contribution in [1.29, 1.82) is 0 Å². The summed E-state index contributed by atoms with van der Waals surface area (Å²) in [7, 11) is 2.70. The molecule has 0 bridgehead atoms. The minimum Gasteiger partial charge on any atom is -0.508 e. The van der Waals surface area contributed by atoms with Gasteiger partial charge in [0.05, 0.1) is 18.9 Å². The number of halogens is 3. The van der Waals surface area contributed by atoms with E-state index in [1.807, 2.05) is 6.08 Å². The number of amides is 4. The first-order valence-electron chi connectivity index (χ1n) is 13.4. The molecule has 42 heavy (non-hydrogen) atoms. The molecular weight excluding hydrogens is 651 g/mol. The lowest BCUT2D eigenvalue weighted by atomic mass is 9.56. The maximum atomic E-state index is 14.0. The minimum absolute atomic E-state index is 0.119. The van der Waals surface area contributed by atoms with Gasteiger partial charge in [0.1, 0.15) is 5.75 Å². The van der Waals surface area contributed by atoms with Gasteiger partial charge in [-0.25, -0.2) is 0 Å². The number of hydrogen-bond acceptors (Lipinski definition) is 7. The van der Waals surface area contributed by atoms with Crippen molar-refractivity contribution >= 4 is 62.8 Å². The molecule has 1 saturated carbocycles. The molecule has 2 N–H and O–H groups in total. The topological polar surface area (TPSA) is 124 Å². The highest BCUT2D eigenvalue weighted by molar-refractivity contribution is 9.10. The van der Waals surface area contributed by atoms with Gasteiger partial charge in [0.15, 0.2) is 21.2 Å². The first-order chi connectivity index (χ1) is 19.8. The number of benzene rings is 2. The Labute approximate surface area is 260 Å². The van der Waals surface area contributed by atoms with Gasteiger partial charge in [0.25, 0.3) is 11.8 Å². The van der Waals surface area contributed by atoms with E-state index in [1.165, 1.54) is 19.1 Å². The summed E-state index contributed by atoms with van der Waals surface area (Å²) in [6, 6.07) is 9.70. The summed E-state index contributed by atoms with van der Waals surface area (Å²) in [5, 5.41) is 20.9. The van der Waals surface area contributed by atoms with Crippen LogP contribution in [0.2, 0.25) is 0 Å². The van der Waals surface area contributed by atoms with E-state index in [1.54, 1.807) is 36.4 Å². The fourth-order valence-corrected chi connectivity index (χ4v) is 8.71. The Morgan fingerprint density at radius 1 is 1.02 bits per heavy atom. The number of phenols is 2. The van der Waals surface area contributed by atoms with E-state index >= 15 is 0 Å². The van der Waals surface area contributed by atoms with Crippen molar-refractivity contribution in [3.8, 4) is 17.2 Å². The Bertz CT molecular complexity index is 1580. The van der Waals surface area contributed by atoms with Gasteiger partial charge < -0.3 is 14.9 Å². The molecule has 12 heteroatoms. The predicted octanol–water partition coefficient (Wildman–Crippen LogP) is 4.10. The van der Waals surface area contributed by atoms with Crippen LogP contribution in [-0.4, -0.2) is 74.1 Å². The molecular formula is C30H27BrCl2N2O7. The third-order valence-corrected chi connectivity index (χ3v) is 11.1. The van der Waals surface area contributed by atoms with Gasteiger partial charge in [-0.15, -0.1) is 23.2 Å². The number of fused-ring (bicyclic) bond motifs is 4. The average molecular weight is 678 g/mol. The molecule has 220 valence electrons. The quantitative estimate of drug-likeness (QED) is 0.278. The fourth-order valence-electron chi connectivity index (χ4n) is 7.25. The van der Waals surface area contributed by atoms with Crippen LogP contribution in [0.3, 0.4) is 0 Å². The van der Waals surface area contributed by atoms with E-state index in [9.17, 15) is 29.4 Å². The average Bonchev–Trinajstić information content (AvgIpc) is 3.28. The van der Waals surface area contributed by atoms with Gasteiger partial charge in [-0.05, 0) is 55.0 Å². The van der Waals surface area contributed by atoms with Gasteiger partial charge in [-0.2, -0.15) is 0 Å². The number of imide groups is 2. The smallest absolute Gasteiger partial charge is 0.253 e. The van der Waals surface area contributed by atoms with E-state index < -0.39 is 45.2 Å². The van der Waals surface area contributed by atoms with Gasteiger partial charge in [-0.1, -0.05) is 39.7 Å². The largest absolute Gasteiger partial charge is 0.508 e. The van der Waals surface area contributed by atoms with Crippen LogP contribution in [0.1, 0.15) is 29.9 Å². The van der Waals surface area contributed by atoms with Gasteiger partial charge >= 0.3 is 0 Å². The molecule has 0 aromatic heterocycles. The lowest BCUT2D eigenvalue weighted by Crippen LogP contribution is -2.60. The predicted molar refractivity (Wildman–Crippen MR) is 156 cm³/mol. The summed E-state index contributed by atoms with van der Waals surface area (Å²) < 4.78 is 5.89. The number of phenolic OH excluding ortho intramolecular Hbond substituents is 2. The first-order valence-corrected chi connectivity index (χ1v) is 15.0. The summed E-state index contributed by atoms with van der Waals surface area (Å²) in [6.07, 6.45) is 2.31. The molecule has 2 aliphatic heterocycles. The highest BCUT2D eigenvalue weighted by atomic mass is 79.9. The molecule has 2 saturated heterocycles. The van der Waals surface area contributed by atoms with Crippen LogP contribution in [0, 0.1) is 17.8 Å². The Hall–Kier alpha value is -3.08. The molecule has 6 atom stereocenters. The third-order valence-electron chi connectivity index (χ3n) is 9.27. The van der Waals surface area contributed by atoms with E-state index in [2.05, 4.69) is 15.9 Å². The number of hydrogen-bond donors (Lipinski definition) is 2. The number of rotatable bonds is 5. The zero-order valence-corrected chi connectivity index (χ0v) is 25.7. The first kappa shape index (κ1) is 29.0. The van der Waals surface area contributed by atoms with Crippen LogP contribution in [0.4, 0.5) is 0 Å². The monoisotopic (exact) mass is 676 g/mol. The van der Waals surface area contributed by atoms with Crippen molar-refractivity contribution in [3.05, 3.63) is 63.6 Å². The van der Waals surface area contributed by atoms with Crippen molar-refractivity contribution in [1.82, 2.24) is 9.80 Å². The molecule has 9 nitrogen and oxygen atoms in total. The number of carbonyl (C=O) groups is 4. The van der Waals surface area contributed by atoms with Crippen LogP contribution < -0.4 is 4.74 Å². The molecule has 2 aliphatic carbocycles. The van der Waals surface area contributed by atoms with Crippen LogP contribution in [-0.2, 0) is 25.6 Å². The van der Waals surface area contributed by atoms with E-state index in [4.69, 9.17) is 27.9 Å². The molecule has 0 spiro atoms. The maximum Gasteiger partial charge on any atom is 0.253 e. The van der Waals surface area contributed by atoms with Crippen molar-refractivity contribution in [3.63, 3.8) is 0 Å². The second-order valence-electron chi connectivity index (χ2n) is 11.3. The van der Waals surface area contributed by atoms with E-state index in [-0.39, 0.29) is 54.0 Å². The molecule has 2 heterocycles. The summed E-state index contributed by atoms with van der Waals surface area (Å²) >= 11 is 17.8. The maximum absolute atomic E-state index is 14.0. The van der Waals surface area contributed by atoms with Gasteiger partial charge in [0, 0.05) is 29.5 Å². The van der Waals surface area contributed by atoms with Gasteiger partial charge in [0.2, 0.25) is 11.8 Å². The second kappa shape index (κ2) is 9.99. The van der Waals surface area contributed by atoms with Crippen LogP contribution in [0.15, 0.2) is 52.5 Å². The van der Waals surface area contributed by atoms with Crippen molar-refractivity contribution < 1.29 is 34.1 Å². The number of nitrogens with zero attached hydrogens (tertiary/aromatic N) is 2. The highest BCUT2D eigenvalue weighted by Crippen LogP contribution is 2.66. The van der Waals surface area contributed by atoms with Gasteiger partial charge in [-0.3, -0.25) is 29.0 Å².